The molecule has 4 rings (SSSR count). The van der Waals surface area contributed by atoms with Gasteiger partial charge >= 0.3 is 0 Å². The lowest BCUT2D eigenvalue weighted by Crippen LogP contribution is -2.51. The summed E-state index contributed by atoms with van der Waals surface area (Å²) in [6.45, 7) is 1.94. The van der Waals surface area contributed by atoms with E-state index in [4.69, 9.17) is 4.74 Å². The van der Waals surface area contributed by atoms with E-state index in [-0.39, 0.29) is 11.0 Å². The number of allylic oxidation sites excluding steroid dienone is 2. The summed E-state index contributed by atoms with van der Waals surface area (Å²) in [7, 11) is -3.69. The number of nitrogens with zero attached hydrogens (tertiary/aromatic N) is 1. The Kier molecular flexibility index (Phi) is 3.46. The third kappa shape index (κ3) is 2.32. The highest BCUT2D eigenvalue weighted by Gasteiger charge is 2.41. The van der Waals surface area contributed by atoms with Crippen molar-refractivity contribution in [3.05, 3.63) is 78.4 Å². The van der Waals surface area contributed by atoms with Crippen molar-refractivity contribution in [2.24, 2.45) is 0 Å². The Bertz CT molecular complexity index is 929. The fourth-order valence-corrected chi connectivity index (χ4v) is 4.68. The van der Waals surface area contributed by atoms with Gasteiger partial charge in [0.1, 0.15) is 17.9 Å². The number of sulfonamides is 1. The second-order valence-corrected chi connectivity index (χ2v) is 7.74. The van der Waals surface area contributed by atoms with Crippen molar-refractivity contribution >= 4 is 15.7 Å². The van der Waals surface area contributed by atoms with E-state index in [1.165, 1.54) is 4.31 Å². The largest absolute Gasteiger partial charge is 0.482 e. The lowest BCUT2D eigenvalue weighted by molar-refractivity contribution is 0.220. The summed E-state index contributed by atoms with van der Waals surface area (Å²) in [5.41, 5.74) is 1.59. The van der Waals surface area contributed by atoms with Gasteiger partial charge in [0.15, 0.2) is 0 Å². The van der Waals surface area contributed by atoms with Crippen molar-refractivity contribution in [3.63, 3.8) is 0 Å². The quantitative estimate of drug-likeness (QED) is 0.842. The molecule has 0 fully saturated rings. The molecule has 0 N–H and O–H groups in total. The number of benzene rings is 2. The van der Waals surface area contributed by atoms with E-state index in [1.54, 1.807) is 24.3 Å². The maximum absolute atomic E-state index is 13.3. The molecule has 1 aliphatic heterocycles. The van der Waals surface area contributed by atoms with Gasteiger partial charge in [-0.15, -0.1) is 0 Å². The van der Waals surface area contributed by atoms with E-state index >= 15 is 0 Å². The van der Waals surface area contributed by atoms with Gasteiger partial charge in [0.25, 0.3) is 10.0 Å². The first-order valence-corrected chi connectivity index (χ1v) is 9.23. The standard InChI is InChI=1S/C19H17NO3S/c1-14-10-12-15(13-11-14)24(21,22)20-16-6-2-4-8-18(16)23-19-9-5-3-7-17(19)20/h2-13,16,18H,1H3. The molecule has 0 saturated heterocycles. The van der Waals surface area contributed by atoms with Gasteiger partial charge < -0.3 is 4.74 Å². The van der Waals surface area contributed by atoms with Crippen LogP contribution >= 0.6 is 0 Å². The zero-order valence-corrected chi connectivity index (χ0v) is 14.0. The topological polar surface area (TPSA) is 46.6 Å². The van der Waals surface area contributed by atoms with Gasteiger partial charge in [-0.2, -0.15) is 0 Å². The summed E-state index contributed by atoms with van der Waals surface area (Å²) in [6.07, 6.45) is 7.16. The predicted molar refractivity (Wildman–Crippen MR) is 93.8 cm³/mol. The van der Waals surface area contributed by atoms with Crippen LogP contribution in [0.3, 0.4) is 0 Å². The summed E-state index contributed by atoms with van der Waals surface area (Å²) < 4.78 is 34.1. The predicted octanol–water partition coefficient (Wildman–Crippen LogP) is 3.45. The van der Waals surface area contributed by atoms with Crippen LogP contribution in [0.1, 0.15) is 5.56 Å². The van der Waals surface area contributed by atoms with Crippen LogP contribution in [0.2, 0.25) is 0 Å². The zero-order valence-electron chi connectivity index (χ0n) is 13.2. The lowest BCUT2D eigenvalue weighted by atomic mass is 10.0. The van der Waals surface area contributed by atoms with E-state index in [9.17, 15) is 8.42 Å². The minimum absolute atomic E-state index is 0.284. The van der Waals surface area contributed by atoms with Crippen molar-refractivity contribution in [2.75, 3.05) is 4.31 Å². The average Bonchev–Trinajstić information content (AvgIpc) is 2.59. The molecule has 0 radical (unpaired) electrons. The van der Waals surface area contributed by atoms with Gasteiger partial charge in [-0.05, 0) is 37.3 Å². The van der Waals surface area contributed by atoms with Crippen molar-refractivity contribution in [3.8, 4) is 5.75 Å². The minimum atomic E-state index is -3.69. The molecule has 2 aromatic rings. The third-order valence-electron chi connectivity index (χ3n) is 4.27. The smallest absolute Gasteiger partial charge is 0.265 e. The van der Waals surface area contributed by atoms with Crippen LogP contribution in [0.4, 0.5) is 5.69 Å². The minimum Gasteiger partial charge on any atom is -0.482 e. The van der Waals surface area contributed by atoms with Crippen LogP contribution in [-0.4, -0.2) is 20.6 Å². The third-order valence-corrected chi connectivity index (χ3v) is 6.10. The molecule has 2 atom stereocenters. The van der Waals surface area contributed by atoms with Gasteiger partial charge in [0, 0.05) is 0 Å². The average molecular weight is 339 g/mol. The number of rotatable bonds is 2. The molecular weight excluding hydrogens is 322 g/mol. The molecule has 0 bridgehead atoms. The maximum Gasteiger partial charge on any atom is 0.265 e. The molecule has 1 aliphatic carbocycles. The molecule has 0 aromatic heterocycles. The summed E-state index contributed by atoms with van der Waals surface area (Å²) in [6, 6.07) is 13.8. The Balaban J connectivity index is 1.89. The van der Waals surface area contributed by atoms with E-state index in [0.717, 1.165) is 5.56 Å². The Morgan fingerprint density at radius 2 is 1.67 bits per heavy atom. The monoisotopic (exact) mass is 339 g/mol. The summed E-state index contributed by atoms with van der Waals surface area (Å²) >= 11 is 0. The fourth-order valence-electron chi connectivity index (χ4n) is 3.06. The summed E-state index contributed by atoms with van der Waals surface area (Å²) in [5, 5.41) is 0. The molecule has 0 saturated carbocycles. The molecule has 2 aromatic carbocycles. The number of hydrogen-bond donors (Lipinski definition) is 0. The highest BCUT2D eigenvalue weighted by atomic mass is 32.2. The van der Waals surface area contributed by atoms with E-state index in [0.29, 0.717) is 11.4 Å². The van der Waals surface area contributed by atoms with Crippen LogP contribution in [0.15, 0.2) is 77.7 Å². The highest BCUT2D eigenvalue weighted by Crippen LogP contribution is 2.41. The van der Waals surface area contributed by atoms with Gasteiger partial charge in [0.2, 0.25) is 0 Å². The number of para-hydroxylation sites is 2. The Labute approximate surface area is 141 Å². The molecule has 2 aliphatic rings. The summed E-state index contributed by atoms with van der Waals surface area (Å²) in [4.78, 5) is 0.284. The number of fused-ring (bicyclic) bond motifs is 2. The number of aryl methyl sites for hydroxylation is 1. The number of ether oxygens (including phenoxy) is 1. The first-order chi connectivity index (χ1) is 11.6. The maximum atomic E-state index is 13.3. The first-order valence-electron chi connectivity index (χ1n) is 7.79. The molecule has 2 unspecified atom stereocenters. The molecule has 0 spiro atoms. The van der Waals surface area contributed by atoms with Gasteiger partial charge in [0.05, 0.1) is 10.6 Å². The lowest BCUT2D eigenvalue weighted by Gasteiger charge is -2.41. The van der Waals surface area contributed by atoms with Crippen molar-refractivity contribution in [1.29, 1.82) is 0 Å². The molecule has 4 nitrogen and oxygen atoms in total. The second kappa shape index (κ2) is 5.53. The normalized spacial score (nSPS) is 21.8. The highest BCUT2D eigenvalue weighted by molar-refractivity contribution is 7.92. The summed E-state index contributed by atoms with van der Waals surface area (Å²) in [5.74, 6) is 0.578. The van der Waals surface area contributed by atoms with Crippen LogP contribution < -0.4 is 9.04 Å². The number of anilines is 1. The van der Waals surface area contributed by atoms with Gasteiger partial charge in [-0.3, -0.25) is 4.31 Å². The molecule has 1 heterocycles. The SMILES string of the molecule is Cc1ccc(S(=O)(=O)N2c3ccccc3OC3C=CC=CC32)cc1. The molecular formula is C19H17NO3S. The number of hydrogen-bond acceptors (Lipinski definition) is 3. The van der Waals surface area contributed by atoms with Crippen LogP contribution in [0.25, 0.3) is 0 Å². The van der Waals surface area contributed by atoms with E-state index in [1.807, 2.05) is 55.5 Å². The van der Waals surface area contributed by atoms with Crippen LogP contribution in [-0.2, 0) is 10.0 Å². The Morgan fingerprint density at radius 3 is 2.46 bits per heavy atom. The van der Waals surface area contributed by atoms with Crippen molar-refractivity contribution in [2.45, 2.75) is 24.0 Å². The Hall–Kier alpha value is -2.53. The molecule has 5 heteroatoms. The molecule has 24 heavy (non-hydrogen) atoms. The second-order valence-electron chi connectivity index (χ2n) is 5.92. The molecule has 122 valence electrons. The van der Waals surface area contributed by atoms with Crippen LogP contribution in [0.5, 0.6) is 5.75 Å². The van der Waals surface area contributed by atoms with E-state index < -0.39 is 16.1 Å². The van der Waals surface area contributed by atoms with Crippen molar-refractivity contribution in [1.82, 2.24) is 0 Å². The zero-order chi connectivity index (χ0) is 16.7. The first kappa shape index (κ1) is 15.0. The Morgan fingerprint density at radius 1 is 0.958 bits per heavy atom. The van der Waals surface area contributed by atoms with Gasteiger partial charge in [-0.25, -0.2) is 8.42 Å². The van der Waals surface area contributed by atoms with Gasteiger partial charge in [-0.1, -0.05) is 48.1 Å². The van der Waals surface area contributed by atoms with Crippen LogP contribution in [0, 0.1) is 6.92 Å². The van der Waals surface area contributed by atoms with Crippen molar-refractivity contribution < 1.29 is 13.2 Å². The molecule has 0 amide bonds. The fraction of sp³-hybridized carbons (Fsp3) is 0.158. The van der Waals surface area contributed by atoms with E-state index in [2.05, 4.69) is 0 Å².